The van der Waals surface area contributed by atoms with Crippen molar-refractivity contribution in [3.05, 3.63) is 33.0 Å². The first-order chi connectivity index (χ1) is 8.15. The minimum Gasteiger partial charge on any atom is -0.307 e. The maximum Gasteiger partial charge on any atom is 0.148 e. The van der Waals surface area contributed by atoms with E-state index in [9.17, 15) is 4.39 Å². The van der Waals surface area contributed by atoms with E-state index in [0.29, 0.717) is 10.4 Å². The average molecular weight is 319 g/mol. The summed E-state index contributed by atoms with van der Waals surface area (Å²) in [5.74, 6) is 0.319. The molecule has 0 bridgehead atoms. The van der Waals surface area contributed by atoms with Gasteiger partial charge in [-0.25, -0.2) is 4.39 Å². The highest BCUT2D eigenvalue weighted by Gasteiger charge is 2.49. The Balaban J connectivity index is 2.10. The van der Waals surface area contributed by atoms with Gasteiger partial charge in [0.2, 0.25) is 0 Å². The lowest BCUT2D eigenvalue weighted by Crippen LogP contribution is -2.39. The molecule has 3 rings (SSSR count). The van der Waals surface area contributed by atoms with E-state index in [4.69, 9.17) is 11.6 Å². The predicted octanol–water partition coefficient (Wildman–Crippen LogP) is 4.23. The Morgan fingerprint density at radius 3 is 2.76 bits per heavy atom. The van der Waals surface area contributed by atoms with Crippen molar-refractivity contribution < 1.29 is 4.39 Å². The number of benzene rings is 1. The summed E-state index contributed by atoms with van der Waals surface area (Å²) in [7, 11) is 0. The maximum atomic E-state index is 14.3. The number of hydrogen-bond donors (Lipinski definition) is 1. The van der Waals surface area contributed by atoms with Crippen molar-refractivity contribution in [2.75, 3.05) is 6.54 Å². The smallest absolute Gasteiger partial charge is 0.148 e. The van der Waals surface area contributed by atoms with Crippen LogP contribution in [0.15, 0.2) is 16.6 Å². The summed E-state index contributed by atoms with van der Waals surface area (Å²) in [6, 6.07) is 3.73. The normalized spacial score (nSPS) is 28.6. The molecule has 1 N–H and O–H groups in total. The second kappa shape index (κ2) is 4.22. The van der Waals surface area contributed by atoms with Crippen LogP contribution in [0.4, 0.5) is 4.39 Å². The molecule has 1 heterocycles. The maximum absolute atomic E-state index is 14.3. The first kappa shape index (κ1) is 11.9. The lowest BCUT2D eigenvalue weighted by Gasteiger charge is -2.31. The Labute approximate surface area is 114 Å². The topological polar surface area (TPSA) is 12.0 Å². The summed E-state index contributed by atoms with van der Waals surface area (Å²) in [6.07, 6.45) is 4.52. The zero-order chi connectivity index (χ0) is 12.0. The van der Waals surface area contributed by atoms with Crippen LogP contribution in [0, 0.1) is 11.7 Å². The van der Waals surface area contributed by atoms with Gasteiger partial charge in [-0.2, -0.15) is 0 Å². The second-order valence-corrected chi connectivity index (χ2v) is 6.23. The molecule has 1 saturated carbocycles. The van der Waals surface area contributed by atoms with Gasteiger partial charge in [0.25, 0.3) is 0 Å². The summed E-state index contributed by atoms with van der Waals surface area (Å²) in [5, 5.41) is 3.73. The van der Waals surface area contributed by atoms with Crippen molar-refractivity contribution >= 4 is 27.5 Å². The fourth-order valence-electron chi connectivity index (χ4n) is 3.01. The van der Waals surface area contributed by atoms with Crippen LogP contribution in [0.1, 0.15) is 31.2 Å². The third-order valence-corrected chi connectivity index (χ3v) is 5.24. The van der Waals surface area contributed by atoms with Crippen LogP contribution < -0.4 is 5.32 Å². The van der Waals surface area contributed by atoms with E-state index in [-0.39, 0.29) is 16.4 Å². The Bertz CT molecular complexity index is 453. The van der Waals surface area contributed by atoms with Gasteiger partial charge in [0, 0.05) is 15.6 Å². The van der Waals surface area contributed by atoms with E-state index in [1.165, 1.54) is 12.8 Å². The van der Waals surface area contributed by atoms with Crippen molar-refractivity contribution in [3.8, 4) is 0 Å². The molecule has 1 aromatic rings. The molecule has 4 heteroatoms. The van der Waals surface area contributed by atoms with Crippen molar-refractivity contribution in [3.63, 3.8) is 0 Å². The van der Waals surface area contributed by atoms with Crippen LogP contribution in [-0.2, 0) is 5.54 Å². The van der Waals surface area contributed by atoms with Gasteiger partial charge in [0.15, 0.2) is 0 Å². The van der Waals surface area contributed by atoms with E-state index in [1.54, 1.807) is 0 Å². The molecule has 2 aliphatic rings. The third kappa shape index (κ3) is 1.83. The number of nitrogens with one attached hydrogen (secondary N) is 1. The molecule has 17 heavy (non-hydrogen) atoms. The molecule has 1 unspecified atom stereocenters. The molecule has 1 saturated heterocycles. The van der Waals surface area contributed by atoms with E-state index >= 15 is 0 Å². The van der Waals surface area contributed by atoms with Gasteiger partial charge in [-0.05, 0) is 60.1 Å². The van der Waals surface area contributed by atoms with Crippen LogP contribution in [0.3, 0.4) is 0 Å². The first-order valence-electron chi connectivity index (χ1n) is 6.04. The molecule has 1 aliphatic carbocycles. The summed E-state index contributed by atoms with van der Waals surface area (Å²) in [4.78, 5) is 0. The van der Waals surface area contributed by atoms with Gasteiger partial charge in [0.1, 0.15) is 5.82 Å². The molecular formula is C13H14BrClFN. The van der Waals surface area contributed by atoms with Gasteiger partial charge in [-0.1, -0.05) is 17.7 Å². The molecule has 92 valence electrons. The Kier molecular flexibility index (Phi) is 2.96. The molecule has 0 aromatic heterocycles. The largest absolute Gasteiger partial charge is 0.307 e. The van der Waals surface area contributed by atoms with Gasteiger partial charge < -0.3 is 5.32 Å². The third-order valence-electron chi connectivity index (χ3n) is 3.98. The highest BCUT2D eigenvalue weighted by atomic mass is 79.9. The number of hydrogen-bond acceptors (Lipinski definition) is 1. The van der Waals surface area contributed by atoms with Crippen molar-refractivity contribution in [2.45, 2.75) is 31.2 Å². The van der Waals surface area contributed by atoms with E-state index < -0.39 is 0 Å². The fraction of sp³-hybridized carbons (Fsp3) is 0.538. The molecule has 1 aliphatic heterocycles. The summed E-state index contributed by atoms with van der Waals surface area (Å²) in [5.41, 5.74) is 0.597. The molecule has 2 fully saturated rings. The standard InChI is InChI=1S/C13H14BrClFN/c14-10-5-4-9(12(16)11(10)15)13(8-2-3-8)6-1-7-17-13/h4-5,8,17H,1-3,6-7H2. The molecule has 1 nitrogen and oxygen atoms in total. The fourth-order valence-corrected chi connectivity index (χ4v) is 3.48. The van der Waals surface area contributed by atoms with Gasteiger partial charge in [0.05, 0.1) is 5.02 Å². The zero-order valence-corrected chi connectivity index (χ0v) is 11.7. The minimum absolute atomic E-state index is 0.158. The monoisotopic (exact) mass is 317 g/mol. The molecule has 0 amide bonds. The van der Waals surface area contributed by atoms with Gasteiger partial charge in [-0.15, -0.1) is 0 Å². The van der Waals surface area contributed by atoms with Crippen molar-refractivity contribution in [1.29, 1.82) is 0 Å². The van der Waals surface area contributed by atoms with Gasteiger partial charge >= 0.3 is 0 Å². The highest BCUT2D eigenvalue weighted by Crippen LogP contribution is 2.51. The predicted molar refractivity (Wildman–Crippen MR) is 70.7 cm³/mol. The second-order valence-electron chi connectivity index (χ2n) is 5.00. The lowest BCUT2D eigenvalue weighted by molar-refractivity contribution is 0.322. The summed E-state index contributed by atoms with van der Waals surface area (Å²) < 4.78 is 15.0. The zero-order valence-electron chi connectivity index (χ0n) is 9.40. The highest BCUT2D eigenvalue weighted by molar-refractivity contribution is 9.10. The van der Waals surface area contributed by atoms with Crippen LogP contribution in [-0.4, -0.2) is 6.54 Å². The Morgan fingerprint density at radius 1 is 1.41 bits per heavy atom. The lowest BCUT2D eigenvalue weighted by atomic mass is 9.83. The van der Waals surface area contributed by atoms with Crippen LogP contribution in [0.2, 0.25) is 5.02 Å². The Hall–Kier alpha value is -0.120. The SMILES string of the molecule is Fc1c(C2(C3CC3)CCCN2)ccc(Br)c1Cl. The minimum atomic E-state index is -0.262. The average Bonchev–Trinajstić information content (AvgIpc) is 3.07. The van der Waals surface area contributed by atoms with Crippen LogP contribution in [0.5, 0.6) is 0 Å². The van der Waals surface area contributed by atoms with Crippen molar-refractivity contribution in [1.82, 2.24) is 5.32 Å². The van der Waals surface area contributed by atoms with E-state index in [1.807, 2.05) is 12.1 Å². The first-order valence-corrected chi connectivity index (χ1v) is 7.21. The van der Waals surface area contributed by atoms with Gasteiger partial charge in [-0.3, -0.25) is 0 Å². The van der Waals surface area contributed by atoms with Crippen molar-refractivity contribution in [2.24, 2.45) is 5.92 Å². The quantitative estimate of drug-likeness (QED) is 0.805. The van der Waals surface area contributed by atoms with Crippen LogP contribution >= 0.6 is 27.5 Å². The number of rotatable bonds is 2. The molecule has 1 atom stereocenters. The van der Waals surface area contributed by atoms with E-state index in [0.717, 1.165) is 24.9 Å². The Morgan fingerprint density at radius 2 is 2.18 bits per heavy atom. The summed E-state index contributed by atoms with van der Waals surface area (Å²) in [6.45, 7) is 0.976. The molecular weight excluding hydrogens is 305 g/mol. The number of halogens is 3. The summed E-state index contributed by atoms with van der Waals surface area (Å²) >= 11 is 9.27. The molecule has 0 radical (unpaired) electrons. The molecule has 1 aromatic carbocycles. The van der Waals surface area contributed by atoms with E-state index in [2.05, 4.69) is 21.2 Å². The molecule has 0 spiro atoms. The van der Waals surface area contributed by atoms with Crippen LogP contribution in [0.25, 0.3) is 0 Å².